The van der Waals surface area contributed by atoms with Gasteiger partial charge in [0.2, 0.25) is 5.91 Å². The number of allylic oxidation sites excluding steroid dienone is 1. The van der Waals surface area contributed by atoms with Crippen LogP contribution in [0.15, 0.2) is 66.3 Å². The summed E-state index contributed by atoms with van der Waals surface area (Å²) in [6.45, 7) is 4.36. The molecular formula is C22H23FN4O2S2. The molecule has 0 spiro atoms. The molecular weight excluding hydrogens is 435 g/mol. The van der Waals surface area contributed by atoms with Crippen molar-refractivity contribution in [3.63, 3.8) is 0 Å². The minimum absolute atomic E-state index is 0.140. The fraction of sp³-hybridized carbons (Fsp3) is 0.227. The van der Waals surface area contributed by atoms with E-state index in [2.05, 4.69) is 22.1 Å². The van der Waals surface area contributed by atoms with Gasteiger partial charge in [0.1, 0.15) is 17.4 Å². The van der Waals surface area contributed by atoms with Gasteiger partial charge >= 0.3 is 0 Å². The lowest BCUT2D eigenvalue weighted by atomic mass is 10.2. The standard InChI is InChI=1S/C22H23FN4O2S2/c1-3-11-27-20(14-30-13-16-7-9-17(23)10-8-16)25-26-22(27)31-15-21(28)24-18-5-4-6-19(12-18)29-2/h3-10,12H,1,11,13-15H2,2H3,(H,24,28). The molecule has 0 fully saturated rings. The molecule has 1 aromatic heterocycles. The molecule has 1 amide bonds. The number of benzene rings is 2. The average Bonchev–Trinajstić information content (AvgIpc) is 3.15. The Morgan fingerprint density at radius 1 is 1.23 bits per heavy atom. The lowest BCUT2D eigenvalue weighted by Crippen LogP contribution is -2.14. The summed E-state index contributed by atoms with van der Waals surface area (Å²) in [6, 6.07) is 13.7. The lowest BCUT2D eigenvalue weighted by Gasteiger charge is -2.09. The van der Waals surface area contributed by atoms with Crippen LogP contribution in [0.3, 0.4) is 0 Å². The minimum Gasteiger partial charge on any atom is -0.497 e. The number of nitrogens with zero attached hydrogens (tertiary/aromatic N) is 3. The van der Waals surface area contributed by atoms with Crippen LogP contribution in [0.5, 0.6) is 5.75 Å². The van der Waals surface area contributed by atoms with E-state index < -0.39 is 0 Å². The van der Waals surface area contributed by atoms with Gasteiger partial charge in [-0.2, -0.15) is 0 Å². The van der Waals surface area contributed by atoms with Gasteiger partial charge in [-0.15, -0.1) is 28.5 Å². The van der Waals surface area contributed by atoms with Crippen molar-refractivity contribution < 1.29 is 13.9 Å². The van der Waals surface area contributed by atoms with Gasteiger partial charge < -0.3 is 14.6 Å². The van der Waals surface area contributed by atoms with Gasteiger partial charge in [0.15, 0.2) is 5.16 Å². The van der Waals surface area contributed by atoms with Gasteiger partial charge in [-0.3, -0.25) is 4.79 Å². The maximum atomic E-state index is 13.0. The Hall–Kier alpha value is -2.78. The highest BCUT2D eigenvalue weighted by Gasteiger charge is 2.14. The molecule has 1 N–H and O–H groups in total. The molecule has 2 aromatic carbocycles. The van der Waals surface area contributed by atoms with Crippen molar-refractivity contribution in [2.45, 2.75) is 23.2 Å². The first-order valence-corrected chi connectivity index (χ1v) is 11.6. The van der Waals surface area contributed by atoms with E-state index in [1.165, 1.54) is 23.9 Å². The second kappa shape index (κ2) is 11.6. The third-order valence-corrected chi connectivity index (χ3v) is 6.17. The zero-order valence-electron chi connectivity index (χ0n) is 17.1. The molecule has 0 aliphatic carbocycles. The molecule has 0 atom stereocenters. The molecule has 1 heterocycles. The maximum absolute atomic E-state index is 13.0. The molecule has 0 saturated heterocycles. The fourth-order valence-electron chi connectivity index (χ4n) is 2.71. The Balaban J connectivity index is 1.55. The van der Waals surface area contributed by atoms with E-state index in [0.29, 0.717) is 28.9 Å². The summed E-state index contributed by atoms with van der Waals surface area (Å²) in [4.78, 5) is 12.3. The number of ether oxygens (including phenoxy) is 1. The number of nitrogens with one attached hydrogen (secondary N) is 1. The second-order valence-corrected chi connectivity index (χ2v) is 8.41. The van der Waals surface area contributed by atoms with E-state index in [1.54, 1.807) is 43.1 Å². The fourth-order valence-corrected chi connectivity index (χ4v) is 4.41. The summed E-state index contributed by atoms with van der Waals surface area (Å²) >= 11 is 2.99. The smallest absolute Gasteiger partial charge is 0.234 e. The number of carbonyl (C=O) groups excluding carboxylic acids is 1. The molecule has 0 unspecified atom stereocenters. The normalized spacial score (nSPS) is 10.6. The van der Waals surface area contributed by atoms with Crippen LogP contribution in [-0.2, 0) is 22.8 Å². The monoisotopic (exact) mass is 458 g/mol. The summed E-state index contributed by atoms with van der Waals surface area (Å²) in [5, 5.41) is 12.0. The van der Waals surface area contributed by atoms with E-state index in [1.807, 2.05) is 22.8 Å². The summed E-state index contributed by atoms with van der Waals surface area (Å²) in [5.41, 5.74) is 1.72. The topological polar surface area (TPSA) is 69.0 Å². The van der Waals surface area contributed by atoms with Gasteiger partial charge in [0.05, 0.1) is 18.6 Å². The third kappa shape index (κ3) is 6.86. The van der Waals surface area contributed by atoms with Crippen LogP contribution >= 0.6 is 23.5 Å². The number of thioether (sulfide) groups is 2. The van der Waals surface area contributed by atoms with Crippen molar-refractivity contribution in [3.05, 3.63) is 78.4 Å². The first-order chi connectivity index (χ1) is 15.1. The first kappa shape index (κ1) is 22.9. The number of carbonyl (C=O) groups is 1. The molecule has 0 saturated carbocycles. The van der Waals surface area contributed by atoms with Gasteiger partial charge in [-0.25, -0.2) is 4.39 Å². The van der Waals surface area contributed by atoms with Crippen LogP contribution in [0, 0.1) is 5.82 Å². The summed E-state index contributed by atoms with van der Waals surface area (Å²) in [7, 11) is 1.58. The Morgan fingerprint density at radius 3 is 2.77 bits per heavy atom. The van der Waals surface area contributed by atoms with E-state index in [4.69, 9.17) is 4.74 Å². The summed E-state index contributed by atoms with van der Waals surface area (Å²) < 4.78 is 20.1. The summed E-state index contributed by atoms with van der Waals surface area (Å²) in [6.07, 6.45) is 1.78. The predicted molar refractivity (Wildman–Crippen MR) is 124 cm³/mol. The highest BCUT2D eigenvalue weighted by Crippen LogP contribution is 2.23. The minimum atomic E-state index is -0.239. The molecule has 0 aliphatic rings. The zero-order valence-corrected chi connectivity index (χ0v) is 18.7. The van der Waals surface area contributed by atoms with Crippen LogP contribution < -0.4 is 10.1 Å². The van der Waals surface area contributed by atoms with Crippen molar-refractivity contribution in [1.29, 1.82) is 0 Å². The van der Waals surface area contributed by atoms with Crippen molar-refractivity contribution in [2.75, 3.05) is 18.2 Å². The van der Waals surface area contributed by atoms with Crippen LogP contribution in [0.2, 0.25) is 0 Å². The van der Waals surface area contributed by atoms with Crippen molar-refractivity contribution in [3.8, 4) is 5.75 Å². The molecule has 3 aromatic rings. The Labute approximate surface area is 189 Å². The Bertz CT molecular complexity index is 1020. The van der Waals surface area contributed by atoms with E-state index in [0.717, 1.165) is 17.1 Å². The molecule has 9 heteroatoms. The highest BCUT2D eigenvalue weighted by atomic mass is 32.2. The van der Waals surface area contributed by atoms with Crippen LogP contribution in [0.1, 0.15) is 11.4 Å². The van der Waals surface area contributed by atoms with E-state index in [-0.39, 0.29) is 17.5 Å². The van der Waals surface area contributed by atoms with Crippen molar-refractivity contribution in [1.82, 2.24) is 14.8 Å². The maximum Gasteiger partial charge on any atom is 0.234 e. The average molecular weight is 459 g/mol. The first-order valence-electron chi connectivity index (χ1n) is 9.51. The van der Waals surface area contributed by atoms with Gasteiger partial charge in [0.25, 0.3) is 0 Å². The second-order valence-electron chi connectivity index (χ2n) is 6.49. The number of halogens is 1. The van der Waals surface area contributed by atoms with Gasteiger partial charge in [-0.05, 0) is 29.8 Å². The number of aromatic nitrogens is 3. The largest absolute Gasteiger partial charge is 0.497 e. The third-order valence-electron chi connectivity index (χ3n) is 4.20. The van der Waals surface area contributed by atoms with Crippen LogP contribution in [0.25, 0.3) is 0 Å². The predicted octanol–water partition coefficient (Wildman–Crippen LogP) is 4.78. The van der Waals surface area contributed by atoms with Crippen LogP contribution in [-0.4, -0.2) is 33.5 Å². The Kier molecular flexibility index (Phi) is 8.54. The SMILES string of the molecule is C=CCn1c(CSCc2ccc(F)cc2)nnc1SCC(=O)Nc1cccc(OC)c1. The number of methoxy groups -OCH3 is 1. The number of hydrogen-bond donors (Lipinski definition) is 1. The zero-order chi connectivity index (χ0) is 22.1. The van der Waals surface area contributed by atoms with Gasteiger partial charge in [0, 0.05) is 24.1 Å². The quantitative estimate of drug-likeness (QED) is 0.330. The summed E-state index contributed by atoms with van der Waals surface area (Å²) in [5.74, 6) is 2.70. The van der Waals surface area contributed by atoms with E-state index in [9.17, 15) is 9.18 Å². The van der Waals surface area contributed by atoms with Crippen molar-refractivity contribution >= 4 is 35.1 Å². The molecule has 0 bridgehead atoms. The van der Waals surface area contributed by atoms with Crippen molar-refractivity contribution in [2.24, 2.45) is 0 Å². The number of anilines is 1. The number of hydrogen-bond acceptors (Lipinski definition) is 6. The molecule has 162 valence electrons. The lowest BCUT2D eigenvalue weighted by molar-refractivity contribution is -0.113. The highest BCUT2D eigenvalue weighted by molar-refractivity contribution is 7.99. The van der Waals surface area contributed by atoms with Gasteiger partial charge in [-0.1, -0.05) is 36.0 Å². The Morgan fingerprint density at radius 2 is 2.03 bits per heavy atom. The molecule has 3 rings (SSSR count). The number of rotatable bonds is 11. The molecule has 0 aliphatic heterocycles. The number of amides is 1. The molecule has 31 heavy (non-hydrogen) atoms. The molecule has 6 nitrogen and oxygen atoms in total. The molecule has 0 radical (unpaired) electrons. The van der Waals surface area contributed by atoms with Crippen LogP contribution in [0.4, 0.5) is 10.1 Å². The van der Waals surface area contributed by atoms with E-state index >= 15 is 0 Å².